The van der Waals surface area contributed by atoms with Crippen molar-refractivity contribution in [2.45, 2.75) is 26.2 Å². The van der Waals surface area contributed by atoms with Gasteiger partial charge in [0.15, 0.2) is 0 Å². The SMILES string of the molecule is CCC(=O)N1CCCc2ccc(NC(=O)c3ccc([N+](=O)[O-])cc3)cc21. The number of carbonyl (C=O) groups is 2. The average molecular weight is 353 g/mol. The van der Waals surface area contributed by atoms with Crippen molar-refractivity contribution >= 4 is 28.9 Å². The number of hydrogen-bond acceptors (Lipinski definition) is 4. The minimum atomic E-state index is -0.509. The molecule has 0 aliphatic carbocycles. The number of benzene rings is 2. The van der Waals surface area contributed by atoms with Gasteiger partial charge in [0.05, 0.1) is 4.92 Å². The lowest BCUT2D eigenvalue weighted by molar-refractivity contribution is -0.384. The summed E-state index contributed by atoms with van der Waals surface area (Å²) in [5.74, 6) is -0.297. The number of amides is 2. The van der Waals surface area contributed by atoms with Gasteiger partial charge in [-0.15, -0.1) is 0 Å². The molecular formula is C19H19N3O4. The van der Waals surface area contributed by atoms with E-state index in [4.69, 9.17) is 0 Å². The highest BCUT2D eigenvalue weighted by molar-refractivity contribution is 6.05. The van der Waals surface area contributed by atoms with E-state index in [0.29, 0.717) is 24.2 Å². The molecule has 0 saturated heterocycles. The highest BCUT2D eigenvalue weighted by Gasteiger charge is 2.22. The monoisotopic (exact) mass is 353 g/mol. The second-order valence-electron chi connectivity index (χ2n) is 6.10. The van der Waals surface area contributed by atoms with Gasteiger partial charge in [-0.25, -0.2) is 0 Å². The number of non-ortho nitro benzene ring substituents is 1. The lowest BCUT2D eigenvalue weighted by Crippen LogP contribution is -2.35. The van der Waals surface area contributed by atoms with Crippen molar-refractivity contribution in [2.24, 2.45) is 0 Å². The number of hydrogen-bond donors (Lipinski definition) is 1. The van der Waals surface area contributed by atoms with Gasteiger partial charge in [-0.2, -0.15) is 0 Å². The van der Waals surface area contributed by atoms with Crippen molar-refractivity contribution in [3.05, 3.63) is 63.7 Å². The van der Waals surface area contributed by atoms with Crippen molar-refractivity contribution in [3.63, 3.8) is 0 Å². The maximum Gasteiger partial charge on any atom is 0.269 e. The van der Waals surface area contributed by atoms with Crippen LogP contribution in [0, 0.1) is 10.1 Å². The van der Waals surface area contributed by atoms with Gasteiger partial charge in [0.2, 0.25) is 5.91 Å². The lowest BCUT2D eigenvalue weighted by Gasteiger charge is -2.29. The number of nitrogens with one attached hydrogen (secondary N) is 1. The van der Waals surface area contributed by atoms with Crippen LogP contribution in [0.25, 0.3) is 0 Å². The average Bonchev–Trinajstić information content (AvgIpc) is 2.66. The van der Waals surface area contributed by atoms with Gasteiger partial charge in [0.25, 0.3) is 11.6 Å². The summed E-state index contributed by atoms with van der Waals surface area (Å²) in [4.78, 5) is 36.5. The van der Waals surface area contributed by atoms with Crippen LogP contribution in [0.2, 0.25) is 0 Å². The highest BCUT2D eigenvalue weighted by Crippen LogP contribution is 2.30. The molecule has 1 aliphatic heterocycles. The van der Waals surface area contributed by atoms with E-state index in [-0.39, 0.29) is 17.5 Å². The zero-order chi connectivity index (χ0) is 18.7. The lowest BCUT2D eigenvalue weighted by atomic mass is 10.0. The molecule has 0 bridgehead atoms. The normalized spacial score (nSPS) is 13.0. The van der Waals surface area contributed by atoms with E-state index >= 15 is 0 Å². The number of nitrogens with zero attached hydrogens (tertiary/aromatic N) is 2. The van der Waals surface area contributed by atoms with Gasteiger partial charge in [0, 0.05) is 42.0 Å². The molecule has 0 radical (unpaired) electrons. The minimum Gasteiger partial charge on any atom is -0.322 e. The van der Waals surface area contributed by atoms with E-state index in [2.05, 4.69) is 5.32 Å². The van der Waals surface area contributed by atoms with Crippen molar-refractivity contribution in [3.8, 4) is 0 Å². The van der Waals surface area contributed by atoms with Gasteiger partial charge in [-0.3, -0.25) is 19.7 Å². The summed E-state index contributed by atoms with van der Waals surface area (Å²) >= 11 is 0. The molecular weight excluding hydrogens is 334 g/mol. The van der Waals surface area contributed by atoms with E-state index < -0.39 is 4.92 Å². The predicted octanol–water partition coefficient (Wildman–Crippen LogP) is 3.54. The molecule has 0 aromatic heterocycles. The Bertz CT molecular complexity index is 862. The Labute approximate surface area is 150 Å². The highest BCUT2D eigenvalue weighted by atomic mass is 16.6. The first-order valence-electron chi connectivity index (χ1n) is 8.48. The molecule has 2 aromatic rings. The van der Waals surface area contributed by atoms with Crippen LogP contribution in [-0.2, 0) is 11.2 Å². The largest absolute Gasteiger partial charge is 0.322 e. The zero-order valence-electron chi connectivity index (χ0n) is 14.4. The van der Waals surface area contributed by atoms with Gasteiger partial charge in [0.1, 0.15) is 0 Å². The molecule has 1 N–H and O–H groups in total. The summed E-state index contributed by atoms with van der Waals surface area (Å²) in [5, 5.41) is 13.5. The molecule has 0 saturated carbocycles. The van der Waals surface area contributed by atoms with Crippen LogP contribution in [0.3, 0.4) is 0 Å². The number of fused-ring (bicyclic) bond motifs is 1. The van der Waals surface area contributed by atoms with Crippen molar-refractivity contribution in [2.75, 3.05) is 16.8 Å². The third-order valence-corrected chi connectivity index (χ3v) is 4.41. The summed E-state index contributed by atoms with van der Waals surface area (Å²) in [5.41, 5.74) is 2.78. The van der Waals surface area contributed by atoms with E-state index in [9.17, 15) is 19.7 Å². The Hall–Kier alpha value is -3.22. The predicted molar refractivity (Wildman–Crippen MR) is 98.5 cm³/mol. The molecule has 7 nitrogen and oxygen atoms in total. The smallest absolute Gasteiger partial charge is 0.269 e. The van der Waals surface area contributed by atoms with Crippen LogP contribution < -0.4 is 10.2 Å². The summed E-state index contributed by atoms with van der Waals surface area (Å²) < 4.78 is 0. The first-order valence-corrected chi connectivity index (χ1v) is 8.48. The van der Waals surface area contributed by atoms with E-state index in [1.807, 2.05) is 25.1 Å². The van der Waals surface area contributed by atoms with Gasteiger partial charge < -0.3 is 10.2 Å². The van der Waals surface area contributed by atoms with Gasteiger partial charge in [-0.1, -0.05) is 13.0 Å². The molecule has 3 rings (SSSR count). The van der Waals surface area contributed by atoms with Crippen LogP contribution in [0.4, 0.5) is 17.1 Å². The van der Waals surface area contributed by atoms with Crippen LogP contribution >= 0.6 is 0 Å². The Morgan fingerprint density at radius 2 is 1.92 bits per heavy atom. The third-order valence-electron chi connectivity index (χ3n) is 4.41. The molecule has 26 heavy (non-hydrogen) atoms. The van der Waals surface area contributed by atoms with Crippen LogP contribution in [0.5, 0.6) is 0 Å². The number of nitro groups is 1. The molecule has 0 spiro atoms. The topological polar surface area (TPSA) is 92.6 Å². The first-order chi connectivity index (χ1) is 12.5. The fraction of sp³-hybridized carbons (Fsp3) is 0.263. The Kier molecular flexibility index (Phi) is 4.97. The zero-order valence-corrected chi connectivity index (χ0v) is 14.4. The fourth-order valence-electron chi connectivity index (χ4n) is 3.04. The number of nitro benzene ring substituents is 1. The van der Waals surface area contributed by atoms with Crippen LogP contribution in [0.15, 0.2) is 42.5 Å². The standard InChI is InChI=1S/C19H19N3O4/c1-2-18(23)21-11-3-4-13-5-8-15(12-17(13)21)20-19(24)14-6-9-16(10-7-14)22(25)26/h5-10,12H,2-4,11H2,1H3,(H,20,24). The number of aryl methyl sites for hydroxylation is 1. The fourth-order valence-corrected chi connectivity index (χ4v) is 3.04. The molecule has 2 aromatic carbocycles. The maximum atomic E-state index is 12.4. The second kappa shape index (κ2) is 7.35. The van der Waals surface area contributed by atoms with Gasteiger partial charge >= 0.3 is 0 Å². The quantitative estimate of drug-likeness (QED) is 0.672. The van der Waals surface area contributed by atoms with E-state index in [1.54, 1.807) is 4.90 Å². The number of carbonyl (C=O) groups excluding carboxylic acids is 2. The summed E-state index contributed by atoms with van der Waals surface area (Å²) in [6.07, 6.45) is 2.26. The number of anilines is 2. The van der Waals surface area contributed by atoms with Crippen molar-refractivity contribution < 1.29 is 14.5 Å². The number of rotatable bonds is 4. The van der Waals surface area contributed by atoms with Crippen LogP contribution in [0.1, 0.15) is 35.7 Å². The van der Waals surface area contributed by atoms with E-state index in [0.717, 1.165) is 24.1 Å². The molecule has 1 heterocycles. The third kappa shape index (κ3) is 3.56. The Morgan fingerprint density at radius 3 is 2.58 bits per heavy atom. The maximum absolute atomic E-state index is 12.4. The van der Waals surface area contributed by atoms with Crippen LogP contribution in [-0.4, -0.2) is 23.3 Å². The second-order valence-corrected chi connectivity index (χ2v) is 6.10. The summed E-state index contributed by atoms with van der Waals surface area (Å²) in [6.45, 7) is 2.51. The molecule has 2 amide bonds. The Morgan fingerprint density at radius 1 is 1.19 bits per heavy atom. The molecule has 1 aliphatic rings. The summed E-state index contributed by atoms with van der Waals surface area (Å²) in [6, 6.07) is 11.0. The molecule has 0 fully saturated rings. The molecule has 0 unspecified atom stereocenters. The molecule has 134 valence electrons. The first kappa shape index (κ1) is 17.6. The molecule has 7 heteroatoms. The van der Waals surface area contributed by atoms with Crippen molar-refractivity contribution in [1.29, 1.82) is 0 Å². The van der Waals surface area contributed by atoms with Crippen molar-refractivity contribution in [1.82, 2.24) is 0 Å². The van der Waals surface area contributed by atoms with E-state index in [1.165, 1.54) is 24.3 Å². The minimum absolute atomic E-state index is 0.0600. The summed E-state index contributed by atoms with van der Waals surface area (Å²) in [7, 11) is 0. The Balaban J connectivity index is 1.81. The molecule has 0 atom stereocenters. The van der Waals surface area contributed by atoms with Gasteiger partial charge in [-0.05, 0) is 42.7 Å².